The number of halogens is 1. The zero-order valence-corrected chi connectivity index (χ0v) is 15.7. The number of amides is 2. The number of hydrazine groups is 1. The Hall–Kier alpha value is -2.99. The number of fused-ring (bicyclic) bond motifs is 1. The van der Waals surface area contributed by atoms with Crippen LogP contribution in [0.3, 0.4) is 0 Å². The molecule has 0 aliphatic heterocycles. The molecule has 1 heterocycles. The molecular formula is C20H19ClN2O4. The van der Waals surface area contributed by atoms with Crippen molar-refractivity contribution in [1.82, 2.24) is 10.9 Å². The summed E-state index contributed by atoms with van der Waals surface area (Å²) in [6.07, 6.45) is 0.678. The highest BCUT2D eigenvalue weighted by atomic mass is 35.5. The molecule has 0 fully saturated rings. The Labute approximate surface area is 161 Å². The van der Waals surface area contributed by atoms with Crippen molar-refractivity contribution in [1.29, 1.82) is 0 Å². The summed E-state index contributed by atoms with van der Waals surface area (Å²) in [7, 11) is 1.54. The lowest BCUT2D eigenvalue weighted by molar-refractivity contribution is -0.121. The van der Waals surface area contributed by atoms with Crippen molar-refractivity contribution < 1.29 is 18.7 Å². The number of furan rings is 1. The zero-order valence-electron chi connectivity index (χ0n) is 15.0. The molecule has 7 heteroatoms. The van der Waals surface area contributed by atoms with Crippen LogP contribution in [0.4, 0.5) is 0 Å². The first-order valence-electron chi connectivity index (χ1n) is 8.39. The summed E-state index contributed by atoms with van der Waals surface area (Å²) in [5.41, 5.74) is 7.05. The van der Waals surface area contributed by atoms with E-state index in [2.05, 4.69) is 10.9 Å². The molecule has 2 aromatic carbocycles. The number of ether oxygens (including phenoxy) is 1. The molecule has 0 atom stereocenters. The molecule has 0 unspecified atom stereocenters. The highest BCUT2D eigenvalue weighted by Crippen LogP contribution is 2.26. The second kappa shape index (κ2) is 8.14. The van der Waals surface area contributed by atoms with Crippen molar-refractivity contribution in [2.24, 2.45) is 0 Å². The highest BCUT2D eigenvalue weighted by Gasteiger charge is 2.17. The first-order valence-corrected chi connectivity index (χ1v) is 8.77. The largest absolute Gasteiger partial charge is 0.495 e. The van der Waals surface area contributed by atoms with E-state index in [0.29, 0.717) is 22.8 Å². The van der Waals surface area contributed by atoms with Crippen LogP contribution in [0.5, 0.6) is 5.75 Å². The second-order valence-electron chi connectivity index (χ2n) is 6.02. The fourth-order valence-corrected chi connectivity index (χ4v) is 3.04. The fourth-order valence-electron chi connectivity index (χ4n) is 2.76. The third-order valence-electron chi connectivity index (χ3n) is 4.22. The van der Waals surface area contributed by atoms with Gasteiger partial charge in [0.25, 0.3) is 0 Å². The SMILES string of the molecule is COc1ccc(CCC(=O)NNC(=O)c2oc3ccccc3c2C)cc1Cl. The van der Waals surface area contributed by atoms with Gasteiger partial charge in [0.1, 0.15) is 11.3 Å². The summed E-state index contributed by atoms with van der Waals surface area (Å²) >= 11 is 6.07. The number of hydrogen-bond donors (Lipinski definition) is 2. The van der Waals surface area contributed by atoms with Crippen molar-refractivity contribution in [3.8, 4) is 5.75 Å². The summed E-state index contributed by atoms with van der Waals surface area (Å²) in [6.45, 7) is 1.80. The molecule has 0 saturated carbocycles. The van der Waals surface area contributed by atoms with E-state index < -0.39 is 5.91 Å². The van der Waals surface area contributed by atoms with Gasteiger partial charge in [0.15, 0.2) is 5.76 Å². The summed E-state index contributed by atoms with van der Waals surface area (Å²) in [6, 6.07) is 12.7. The Kier molecular flexibility index (Phi) is 5.66. The summed E-state index contributed by atoms with van der Waals surface area (Å²) in [4.78, 5) is 24.3. The Bertz CT molecular complexity index is 997. The van der Waals surface area contributed by atoms with Crippen LogP contribution in [0.2, 0.25) is 5.02 Å². The van der Waals surface area contributed by atoms with Crippen molar-refractivity contribution >= 4 is 34.4 Å². The van der Waals surface area contributed by atoms with Gasteiger partial charge in [-0.25, -0.2) is 0 Å². The Balaban J connectivity index is 1.54. The normalized spacial score (nSPS) is 10.6. The van der Waals surface area contributed by atoms with Gasteiger partial charge in [-0.05, 0) is 37.1 Å². The second-order valence-corrected chi connectivity index (χ2v) is 6.43. The van der Waals surface area contributed by atoms with E-state index in [-0.39, 0.29) is 18.1 Å². The smallest absolute Gasteiger partial charge is 0.305 e. The summed E-state index contributed by atoms with van der Waals surface area (Å²) in [5.74, 6) is -0.0506. The van der Waals surface area contributed by atoms with Crippen LogP contribution in [-0.2, 0) is 11.2 Å². The van der Waals surface area contributed by atoms with Crippen molar-refractivity contribution in [2.45, 2.75) is 19.8 Å². The molecular weight excluding hydrogens is 368 g/mol. The van der Waals surface area contributed by atoms with E-state index >= 15 is 0 Å². The van der Waals surface area contributed by atoms with E-state index in [9.17, 15) is 9.59 Å². The highest BCUT2D eigenvalue weighted by molar-refractivity contribution is 6.32. The molecule has 0 aliphatic rings. The minimum absolute atomic E-state index is 0.179. The van der Waals surface area contributed by atoms with Gasteiger partial charge in [-0.3, -0.25) is 20.4 Å². The maximum atomic E-state index is 12.3. The van der Waals surface area contributed by atoms with E-state index in [1.807, 2.05) is 24.3 Å². The third kappa shape index (κ3) is 4.23. The average Bonchev–Trinajstić information content (AvgIpc) is 3.01. The first-order chi connectivity index (χ1) is 13.0. The lowest BCUT2D eigenvalue weighted by Gasteiger charge is -2.08. The van der Waals surface area contributed by atoms with Gasteiger partial charge in [0, 0.05) is 17.4 Å². The summed E-state index contributed by atoms with van der Waals surface area (Å²) in [5, 5.41) is 1.36. The number of aryl methyl sites for hydroxylation is 2. The molecule has 2 amide bonds. The lowest BCUT2D eigenvalue weighted by Crippen LogP contribution is -2.41. The van der Waals surface area contributed by atoms with Crippen LogP contribution in [0, 0.1) is 6.92 Å². The Morgan fingerprint density at radius 3 is 2.63 bits per heavy atom. The topological polar surface area (TPSA) is 80.6 Å². The molecule has 0 bridgehead atoms. The van der Waals surface area contributed by atoms with Gasteiger partial charge in [0.05, 0.1) is 12.1 Å². The zero-order chi connectivity index (χ0) is 19.4. The molecule has 2 N–H and O–H groups in total. The van der Waals surface area contributed by atoms with Crippen LogP contribution in [0.1, 0.15) is 28.1 Å². The average molecular weight is 387 g/mol. The number of carbonyl (C=O) groups excluding carboxylic acids is 2. The molecule has 0 radical (unpaired) electrons. The number of rotatable bonds is 5. The van der Waals surface area contributed by atoms with Gasteiger partial charge in [-0.2, -0.15) is 0 Å². The first kappa shape index (κ1) is 18.8. The molecule has 140 valence electrons. The number of nitrogens with one attached hydrogen (secondary N) is 2. The molecule has 27 heavy (non-hydrogen) atoms. The fraction of sp³-hybridized carbons (Fsp3) is 0.200. The van der Waals surface area contributed by atoms with E-state index in [1.54, 1.807) is 32.2 Å². The molecule has 0 saturated heterocycles. The number of carbonyl (C=O) groups is 2. The van der Waals surface area contributed by atoms with Gasteiger partial charge in [-0.1, -0.05) is 35.9 Å². The molecule has 0 aliphatic carbocycles. The molecule has 1 aromatic heterocycles. The van der Waals surface area contributed by atoms with E-state index in [4.69, 9.17) is 20.8 Å². The van der Waals surface area contributed by atoms with Crippen LogP contribution < -0.4 is 15.6 Å². The van der Waals surface area contributed by atoms with Crippen molar-refractivity contribution in [2.75, 3.05) is 7.11 Å². The number of benzene rings is 2. The predicted octanol–water partition coefficient (Wildman–Crippen LogP) is 3.80. The van der Waals surface area contributed by atoms with Gasteiger partial charge in [0.2, 0.25) is 5.91 Å². The van der Waals surface area contributed by atoms with Crippen LogP contribution in [0.15, 0.2) is 46.9 Å². The van der Waals surface area contributed by atoms with Crippen molar-refractivity contribution in [3.63, 3.8) is 0 Å². The van der Waals surface area contributed by atoms with Crippen molar-refractivity contribution in [3.05, 3.63) is 64.4 Å². The molecule has 3 rings (SSSR count). The molecule has 3 aromatic rings. The Morgan fingerprint density at radius 1 is 1.15 bits per heavy atom. The maximum absolute atomic E-state index is 12.3. The number of methoxy groups -OCH3 is 1. The molecule has 0 spiro atoms. The van der Waals surface area contributed by atoms with Crippen LogP contribution >= 0.6 is 11.6 Å². The van der Waals surface area contributed by atoms with Gasteiger partial charge < -0.3 is 9.15 Å². The van der Waals surface area contributed by atoms with Crippen LogP contribution in [-0.4, -0.2) is 18.9 Å². The third-order valence-corrected chi connectivity index (χ3v) is 4.52. The Morgan fingerprint density at radius 2 is 1.93 bits per heavy atom. The van der Waals surface area contributed by atoms with Gasteiger partial charge >= 0.3 is 5.91 Å². The number of para-hydroxylation sites is 1. The maximum Gasteiger partial charge on any atom is 0.305 e. The van der Waals surface area contributed by atoms with Gasteiger partial charge in [-0.15, -0.1) is 0 Å². The minimum Gasteiger partial charge on any atom is -0.495 e. The predicted molar refractivity (Wildman–Crippen MR) is 103 cm³/mol. The molecule has 6 nitrogen and oxygen atoms in total. The number of hydrogen-bond acceptors (Lipinski definition) is 4. The van der Waals surface area contributed by atoms with E-state index in [0.717, 1.165) is 16.5 Å². The quantitative estimate of drug-likeness (QED) is 0.653. The minimum atomic E-state index is -0.496. The standard InChI is InChI=1S/C20H19ClN2O4/c1-12-14-5-3-4-6-16(14)27-19(12)20(25)23-22-18(24)10-8-13-7-9-17(26-2)15(21)11-13/h3-7,9,11H,8,10H2,1-2H3,(H,22,24)(H,23,25). The van der Waals surface area contributed by atoms with E-state index in [1.165, 1.54) is 0 Å². The lowest BCUT2D eigenvalue weighted by atomic mass is 10.1. The van der Waals surface area contributed by atoms with Crippen LogP contribution in [0.25, 0.3) is 11.0 Å². The summed E-state index contributed by atoms with van der Waals surface area (Å²) < 4.78 is 10.7. The monoisotopic (exact) mass is 386 g/mol.